The normalized spacial score (nSPS) is 15.9. The number of fused-ring (bicyclic) bond motifs is 1. The minimum atomic E-state index is -0.0286. The maximum absolute atomic E-state index is 11.4. The average molecular weight is 214 g/mol. The van der Waals surface area contributed by atoms with E-state index in [1.807, 2.05) is 18.2 Å². The van der Waals surface area contributed by atoms with E-state index in [1.165, 1.54) is 12.8 Å². The van der Waals surface area contributed by atoms with Crippen molar-refractivity contribution in [3.05, 3.63) is 40.7 Å². The fourth-order valence-electron chi connectivity index (χ4n) is 2.38. The van der Waals surface area contributed by atoms with Gasteiger partial charge in [-0.3, -0.25) is 4.79 Å². The average Bonchev–Trinajstić information content (AvgIpc) is 2.81. The first-order chi connectivity index (χ1) is 7.84. The Kier molecular flexibility index (Phi) is 2.17. The van der Waals surface area contributed by atoms with Crippen molar-refractivity contribution in [2.45, 2.75) is 12.8 Å². The van der Waals surface area contributed by atoms with Gasteiger partial charge < -0.3 is 9.88 Å². The van der Waals surface area contributed by atoms with Crippen molar-refractivity contribution in [3.8, 4) is 0 Å². The van der Waals surface area contributed by atoms with Crippen LogP contribution in [0.1, 0.15) is 12.8 Å². The van der Waals surface area contributed by atoms with Crippen LogP contribution in [0.2, 0.25) is 0 Å². The molecule has 2 heterocycles. The summed E-state index contributed by atoms with van der Waals surface area (Å²) in [6.07, 6.45) is 2.49. The van der Waals surface area contributed by atoms with Crippen LogP contribution < -0.4 is 10.5 Å². The van der Waals surface area contributed by atoms with E-state index in [1.54, 1.807) is 6.07 Å². The van der Waals surface area contributed by atoms with Crippen molar-refractivity contribution in [2.24, 2.45) is 0 Å². The van der Waals surface area contributed by atoms with Gasteiger partial charge in [0.1, 0.15) is 0 Å². The maximum Gasteiger partial charge on any atom is 0.248 e. The van der Waals surface area contributed by atoms with Crippen LogP contribution in [0.4, 0.5) is 5.69 Å². The minimum Gasteiger partial charge on any atom is -0.370 e. The lowest BCUT2D eigenvalue weighted by atomic mass is 10.2. The van der Waals surface area contributed by atoms with E-state index in [0.717, 1.165) is 29.7 Å². The molecule has 1 aromatic carbocycles. The quantitative estimate of drug-likeness (QED) is 0.789. The van der Waals surface area contributed by atoms with Crippen LogP contribution in [0.25, 0.3) is 10.9 Å². The van der Waals surface area contributed by atoms with Gasteiger partial charge in [-0.2, -0.15) is 0 Å². The monoisotopic (exact) mass is 214 g/mol. The highest BCUT2D eigenvalue weighted by Crippen LogP contribution is 2.26. The van der Waals surface area contributed by atoms with Gasteiger partial charge in [0.2, 0.25) is 5.56 Å². The lowest BCUT2D eigenvalue weighted by molar-refractivity contribution is 0.949. The molecule has 1 aliphatic rings. The van der Waals surface area contributed by atoms with Gasteiger partial charge in [0, 0.05) is 24.5 Å². The van der Waals surface area contributed by atoms with Crippen LogP contribution in [0.5, 0.6) is 0 Å². The number of pyridine rings is 1. The zero-order valence-corrected chi connectivity index (χ0v) is 9.07. The smallest absolute Gasteiger partial charge is 0.248 e. The van der Waals surface area contributed by atoms with Crippen LogP contribution in [0.15, 0.2) is 35.1 Å². The lowest BCUT2D eigenvalue weighted by Crippen LogP contribution is -2.18. The van der Waals surface area contributed by atoms with E-state index in [-0.39, 0.29) is 5.56 Å². The van der Waals surface area contributed by atoms with Crippen molar-refractivity contribution in [2.75, 3.05) is 18.0 Å². The number of H-pyrrole nitrogens is 1. The van der Waals surface area contributed by atoms with E-state index >= 15 is 0 Å². The van der Waals surface area contributed by atoms with E-state index in [4.69, 9.17) is 0 Å². The highest BCUT2D eigenvalue weighted by Gasteiger charge is 2.14. The number of para-hydroxylation sites is 1. The molecule has 3 nitrogen and oxygen atoms in total. The second-order valence-electron chi connectivity index (χ2n) is 4.26. The number of anilines is 1. The zero-order chi connectivity index (χ0) is 11.0. The molecule has 1 aromatic heterocycles. The van der Waals surface area contributed by atoms with Gasteiger partial charge in [0.25, 0.3) is 0 Å². The third-order valence-electron chi connectivity index (χ3n) is 3.18. The first-order valence-corrected chi connectivity index (χ1v) is 5.71. The summed E-state index contributed by atoms with van der Waals surface area (Å²) in [6.45, 7) is 2.19. The van der Waals surface area contributed by atoms with Gasteiger partial charge in [0.05, 0.1) is 11.2 Å². The van der Waals surface area contributed by atoms with Crippen molar-refractivity contribution >= 4 is 16.6 Å². The molecule has 0 spiro atoms. The van der Waals surface area contributed by atoms with Gasteiger partial charge in [-0.1, -0.05) is 12.1 Å². The molecule has 0 amide bonds. The SMILES string of the molecule is O=c1ccc2cccc(N3CCCC3)c2[nH]1. The van der Waals surface area contributed by atoms with Crippen LogP contribution in [-0.2, 0) is 0 Å². The van der Waals surface area contributed by atoms with E-state index < -0.39 is 0 Å². The molecule has 1 fully saturated rings. The summed E-state index contributed by atoms with van der Waals surface area (Å²) in [4.78, 5) is 16.7. The Morgan fingerprint density at radius 3 is 2.69 bits per heavy atom. The first kappa shape index (κ1) is 9.46. The summed E-state index contributed by atoms with van der Waals surface area (Å²) in [5.41, 5.74) is 2.10. The Hall–Kier alpha value is -1.77. The molecule has 1 saturated heterocycles. The van der Waals surface area contributed by atoms with Crippen LogP contribution >= 0.6 is 0 Å². The number of hydrogen-bond donors (Lipinski definition) is 1. The summed E-state index contributed by atoms with van der Waals surface area (Å²) in [6, 6.07) is 9.63. The highest BCUT2D eigenvalue weighted by molar-refractivity contribution is 5.90. The van der Waals surface area contributed by atoms with Crippen molar-refractivity contribution in [3.63, 3.8) is 0 Å². The molecule has 2 aromatic rings. The molecular weight excluding hydrogens is 200 g/mol. The molecular formula is C13H14N2O. The van der Waals surface area contributed by atoms with E-state index in [0.29, 0.717) is 0 Å². The van der Waals surface area contributed by atoms with Gasteiger partial charge >= 0.3 is 0 Å². The van der Waals surface area contributed by atoms with Gasteiger partial charge in [-0.15, -0.1) is 0 Å². The number of benzene rings is 1. The number of nitrogens with one attached hydrogen (secondary N) is 1. The molecule has 3 heteroatoms. The second kappa shape index (κ2) is 3.67. The maximum atomic E-state index is 11.4. The zero-order valence-electron chi connectivity index (χ0n) is 9.07. The number of nitrogens with zero attached hydrogens (tertiary/aromatic N) is 1. The third kappa shape index (κ3) is 1.48. The Bertz CT molecular complexity index is 567. The molecule has 0 bridgehead atoms. The van der Waals surface area contributed by atoms with Crippen LogP contribution in [-0.4, -0.2) is 18.1 Å². The Morgan fingerprint density at radius 1 is 1.06 bits per heavy atom. The Balaban J connectivity index is 2.22. The molecule has 0 aliphatic carbocycles. The highest BCUT2D eigenvalue weighted by atomic mass is 16.1. The molecule has 82 valence electrons. The summed E-state index contributed by atoms with van der Waals surface area (Å²) >= 11 is 0. The van der Waals surface area contributed by atoms with Gasteiger partial charge in [0.15, 0.2) is 0 Å². The van der Waals surface area contributed by atoms with Crippen molar-refractivity contribution in [1.82, 2.24) is 4.98 Å². The minimum absolute atomic E-state index is 0.0286. The van der Waals surface area contributed by atoms with Crippen LogP contribution in [0, 0.1) is 0 Å². The van der Waals surface area contributed by atoms with Crippen molar-refractivity contribution in [1.29, 1.82) is 0 Å². The number of aromatic amines is 1. The fourth-order valence-corrected chi connectivity index (χ4v) is 2.38. The second-order valence-corrected chi connectivity index (χ2v) is 4.26. The molecule has 1 N–H and O–H groups in total. The third-order valence-corrected chi connectivity index (χ3v) is 3.18. The topological polar surface area (TPSA) is 36.1 Å². The largest absolute Gasteiger partial charge is 0.370 e. The standard InChI is InChI=1S/C13H14N2O/c16-12-7-6-10-4-3-5-11(13(10)14-12)15-8-1-2-9-15/h3-7H,1-2,8-9H2,(H,14,16). The molecule has 16 heavy (non-hydrogen) atoms. The number of hydrogen-bond acceptors (Lipinski definition) is 2. The Morgan fingerprint density at radius 2 is 1.88 bits per heavy atom. The van der Waals surface area contributed by atoms with Crippen molar-refractivity contribution < 1.29 is 0 Å². The van der Waals surface area contributed by atoms with E-state index in [9.17, 15) is 4.79 Å². The van der Waals surface area contributed by atoms with Crippen LogP contribution in [0.3, 0.4) is 0 Å². The molecule has 0 saturated carbocycles. The first-order valence-electron chi connectivity index (χ1n) is 5.71. The predicted molar refractivity (Wildman–Crippen MR) is 66.0 cm³/mol. The van der Waals surface area contributed by atoms with E-state index in [2.05, 4.69) is 16.0 Å². The molecule has 0 unspecified atom stereocenters. The summed E-state index contributed by atoms with van der Waals surface area (Å²) in [7, 11) is 0. The predicted octanol–water partition coefficient (Wildman–Crippen LogP) is 2.13. The molecule has 3 rings (SSSR count). The van der Waals surface area contributed by atoms with Gasteiger partial charge in [-0.25, -0.2) is 0 Å². The molecule has 0 atom stereocenters. The molecule has 0 radical (unpaired) electrons. The summed E-state index contributed by atoms with van der Waals surface area (Å²) in [5.74, 6) is 0. The number of aromatic nitrogens is 1. The Labute approximate surface area is 93.7 Å². The fraction of sp³-hybridized carbons (Fsp3) is 0.308. The molecule has 1 aliphatic heterocycles. The number of rotatable bonds is 1. The summed E-state index contributed by atoms with van der Waals surface area (Å²) in [5, 5.41) is 1.10. The lowest BCUT2D eigenvalue weighted by Gasteiger charge is -2.19. The summed E-state index contributed by atoms with van der Waals surface area (Å²) < 4.78 is 0. The van der Waals surface area contributed by atoms with Gasteiger partial charge in [-0.05, 0) is 25.0 Å².